The summed E-state index contributed by atoms with van der Waals surface area (Å²) in [4.78, 5) is 3.46. The van der Waals surface area contributed by atoms with Gasteiger partial charge in [-0.05, 0) is 24.1 Å². The number of sulfonamides is 1. The highest BCUT2D eigenvalue weighted by Crippen LogP contribution is 2.16. The lowest BCUT2D eigenvalue weighted by Crippen LogP contribution is -2.26. The van der Waals surface area contributed by atoms with Crippen molar-refractivity contribution in [3.8, 4) is 0 Å². The highest BCUT2D eigenvalue weighted by atomic mass is 32.2. The summed E-state index contributed by atoms with van der Waals surface area (Å²) in [5.41, 5.74) is 0.326. The standard InChI is InChI=1S/C13H16FN3O3S/c14-12-8-11(9-18)2-3-13(12)21(19,20)16-4-1-6-17-7-5-15-10-17/h2-3,5,7-8,10,16,18H,1,4,6,9H2. The summed E-state index contributed by atoms with van der Waals surface area (Å²) in [5, 5.41) is 8.88. The molecule has 2 aromatic rings. The molecule has 2 N–H and O–H groups in total. The minimum atomic E-state index is -3.89. The molecule has 2 rings (SSSR count). The van der Waals surface area contributed by atoms with Crippen LogP contribution in [0.4, 0.5) is 4.39 Å². The van der Waals surface area contributed by atoms with Gasteiger partial charge in [0.2, 0.25) is 10.0 Å². The van der Waals surface area contributed by atoms with Crippen LogP contribution in [0.2, 0.25) is 0 Å². The number of benzene rings is 1. The SMILES string of the molecule is O=S(=O)(NCCCn1ccnc1)c1ccc(CO)cc1F. The van der Waals surface area contributed by atoms with E-state index in [1.807, 2.05) is 4.57 Å². The second-order valence-corrected chi connectivity index (χ2v) is 6.21. The predicted octanol–water partition coefficient (Wildman–Crippen LogP) is 0.883. The van der Waals surface area contributed by atoms with E-state index in [4.69, 9.17) is 5.11 Å². The molecule has 8 heteroatoms. The average Bonchev–Trinajstić information content (AvgIpc) is 2.96. The fourth-order valence-electron chi connectivity index (χ4n) is 1.83. The molecular formula is C13H16FN3O3S. The van der Waals surface area contributed by atoms with Gasteiger partial charge in [0.1, 0.15) is 10.7 Å². The van der Waals surface area contributed by atoms with E-state index in [0.29, 0.717) is 18.5 Å². The van der Waals surface area contributed by atoms with Crippen molar-refractivity contribution < 1.29 is 17.9 Å². The summed E-state index contributed by atoms with van der Waals surface area (Å²) >= 11 is 0. The van der Waals surface area contributed by atoms with Crippen LogP contribution in [0, 0.1) is 5.82 Å². The molecule has 0 unspecified atom stereocenters. The Balaban J connectivity index is 1.95. The fourth-order valence-corrected chi connectivity index (χ4v) is 2.96. The van der Waals surface area contributed by atoms with E-state index < -0.39 is 20.7 Å². The first-order valence-corrected chi connectivity index (χ1v) is 7.86. The molecule has 0 saturated carbocycles. The van der Waals surface area contributed by atoms with Crippen molar-refractivity contribution in [3.63, 3.8) is 0 Å². The van der Waals surface area contributed by atoms with Crippen molar-refractivity contribution in [1.82, 2.24) is 14.3 Å². The highest BCUT2D eigenvalue weighted by Gasteiger charge is 2.18. The zero-order valence-corrected chi connectivity index (χ0v) is 12.1. The van der Waals surface area contributed by atoms with Gasteiger partial charge in [-0.2, -0.15) is 0 Å². The fraction of sp³-hybridized carbons (Fsp3) is 0.308. The zero-order chi connectivity index (χ0) is 15.3. The largest absolute Gasteiger partial charge is 0.392 e. The molecule has 0 saturated heterocycles. The maximum absolute atomic E-state index is 13.7. The van der Waals surface area contributed by atoms with E-state index in [9.17, 15) is 12.8 Å². The number of hydrogen-bond donors (Lipinski definition) is 2. The topological polar surface area (TPSA) is 84.2 Å². The average molecular weight is 313 g/mol. The van der Waals surface area contributed by atoms with Crippen molar-refractivity contribution in [2.24, 2.45) is 0 Å². The Morgan fingerprint density at radius 1 is 1.38 bits per heavy atom. The van der Waals surface area contributed by atoms with Crippen LogP contribution in [0.1, 0.15) is 12.0 Å². The Bertz CT molecular complexity index is 687. The quantitative estimate of drug-likeness (QED) is 0.743. The maximum Gasteiger partial charge on any atom is 0.243 e. The van der Waals surface area contributed by atoms with E-state index in [1.54, 1.807) is 18.7 Å². The minimum absolute atomic E-state index is 0.196. The summed E-state index contributed by atoms with van der Waals surface area (Å²) in [6, 6.07) is 3.54. The molecule has 1 aromatic heterocycles. The molecule has 1 aromatic carbocycles. The third kappa shape index (κ3) is 4.10. The lowest BCUT2D eigenvalue weighted by molar-refractivity contribution is 0.281. The number of rotatable bonds is 7. The zero-order valence-electron chi connectivity index (χ0n) is 11.2. The van der Waals surface area contributed by atoms with Crippen molar-refractivity contribution in [2.45, 2.75) is 24.5 Å². The van der Waals surface area contributed by atoms with Gasteiger partial charge < -0.3 is 9.67 Å². The van der Waals surface area contributed by atoms with Gasteiger partial charge in [-0.3, -0.25) is 0 Å². The van der Waals surface area contributed by atoms with Crippen molar-refractivity contribution in [1.29, 1.82) is 0 Å². The van der Waals surface area contributed by atoms with Gasteiger partial charge in [0.05, 0.1) is 12.9 Å². The van der Waals surface area contributed by atoms with Crippen LogP contribution >= 0.6 is 0 Å². The Hall–Kier alpha value is -1.77. The number of aliphatic hydroxyl groups excluding tert-OH is 1. The number of hydrogen-bond acceptors (Lipinski definition) is 4. The molecular weight excluding hydrogens is 297 g/mol. The lowest BCUT2D eigenvalue weighted by atomic mass is 10.2. The second kappa shape index (κ2) is 6.79. The van der Waals surface area contributed by atoms with E-state index in [0.717, 1.165) is 12.1 Å². The van der Waals surface area contributed by atoms with Crippen LogP contribution < -0.4 is 4.72 Å². The maximum atomic E-state index is 13.7. The number of nitrogens with one attached hydrogen (secondary N) is 1. The van der Waals surface area contributed by atoms with Gasteiger partial charge in [-0.15, -0.1) is 0 Å². The van der Waals surface area contributed by atoms with Gasteiger partial charge in [-0.25, -0.2) is 22.5 Å². The molecule has 1 heterocycles. The number of aliphatic hydroxyl groups is 1. The number of aryl methyl sites for hydroxylation is 1. The molecule has 0 amide bonds. The first kappa shape index (κ1) is 15.6. The normalized spacial score (nSPS) is 11.7. The molecule has 0 aliphatic rings. The van der Waals surface area contributed by atoms with Gasteiger partial charge >= 0.3 is 0 Å². The first-order chi connectivity index (χ1) is 10.0. The van der Waals surface area contributed by atoms with Crippen molar-refractivity contribution in [3.05, 3.63) is 48.3 Å². The van der Waals surface area contributed by atoms with E-state index >= 15 is 0 Å². The number of aromatic nitrogens is 2. The summed E-state index contributed by atoms with van der Waals surface area (Å²) in [7, 11) is -3.89. The predicted molar refractivity (Wildman–Crippen MR) is 74.4 cm³/mol. The monoisotopic (exact) mass is 313 g/mol. The highest BCUT2D eigenvalue weighted by molar-refractivity contribution is 7.89. The van der Waals surface area contributed by atoms with Crippen LogP contribution in [-0.2, 0) is 23.2 Å². The minimum Gasteiger partial charge on any atom is -0.392 e. The second-order valence-electron chi connectivity index (χ2n) is 4.47. The molecule has 6 nitrogen and oxygen atoms in total. The van der Waals surface area contributed by atoms with Gasteiger partial charge in [-0.1, -0.05) is 6.07 Å². The van der Waals surface area contributed by atoms with Crippen molar-refractivity contribution in [2.75, 3.05) is 6.54 Å². The third-order valence-electron chi connectivity index (χ3n) is 2.91. The Labute approximate surface area is 122 Å². The Morgan fingerprint density at radius 2 is 2.19 bits per heavy atom. The Morgan fingerprint density at radius 3 is 2.81 bits per heavy atom. The molecule has 0 aliphatic heterocycles. The number of halogens is 1. The Kier molecular flexibility index (Phi) is 5.05. The summed E-state index contributed by atoms with van der Waals surface area (Å²) in [6.07, 6.45) is 5.62. The first-order valence-electron chi connectivity index (χ1n) is 6.37. The summed E-state index contributed by atoms with van der Waals surface area (Å²) in [5.74, 6) is -0.872. The van der Waals surface area contributed by atoms with Crippen LogP contribution in [0.3, 0.4) is 0 Å². The van der Waals surface area contributed by atoms with Gasteiger partial charge in [0, 0.05) is 25.5 Å². The van der Waals surface area contributed by atoms with E-state index in [-0.39, 0.29) is 13.2 Å². The number of imidazole rings is 1. The molecule has 0 atom stereocenters. The molecule has 0 bridgehead atoms. The summed E-state index contributed by atoms with van der Waals surface area (Å²) in [6.45, 7) is 0.478. The van der Waals surface area contributed by atoms with Crippen LogP contribution in [0.5, 0.6) is 0 Å². The van der Waals surface area contributed by atoms with Gasteiger partial charge in [0.15, 0.2) is 0 Å². The molecule has 0 radical (unpaired) electrons. The van der Waals surface area contributed by atoms with Crippen LogP contribution in [-0.4, -0.2) is 29.6 Å². The molecule has 21 heavy (non-hydrogen) atoms. The smallest absolute Gasteiger partial charge is 0.243 e. The number of nitrogens with zero attached hydrogens (tertiary/aromatic N) is 2. The lowest BCUT2D eigenvalue weighted by Gasteiger charge is -2.08. The van der Waals surface area contributed by atoms with Gasteiger partial charge in [0.25, 0.3) is 0 Å². The molecule has 0 spiro atoms. The van der Waals surface area contributed by atoms with E-state index in [2.05, 4.69) is 9.71 Å². The summed E-state index contributed by atoms with van der Waals surface area (Å²) < 4.78 is 41.9. The van der Waals surface area contributed by atoms with E-state index in [1.165, 1.54) is 6.07 Å². The van der Waals surface area contributed by atoms with Crippen LogP contribution in [0.15, 0.2) is 41.8 Å². The molecule has 0 aliphatic carbocycles. The van der Waals surface area contributed by atoms with Crippen LogP contribution in [0.25, 0.3) is 0 Å². The van der Waals surface area contributed by atoms with Crippen molar-refractivity contribution >= 4 is 10.0 Å². The molecule has 114 valence electrons. The molecule has 0 fully saturated rings. The third-order valence-corrected chi connectivity index (χ3v) is 4.41.